The standard InChI is InChI=1S/C15H22N2O2/c16-15(9-5-2-6-10-15)14(19)17-13(11-18)12-7-3-1-4-8-12/h1,3-4,7-8,13,18H,2,5-6,9-11,16H2,(H,17,19). The Morgan fingerprint density at radius 2 is 1.89 bits per heavy atom. The molecule has 1 aliphatic rings. The van der Waals surface area contributed by atoms with Gasteiger partial charge in [0.1, 0.15) is 0 Å². The van der Waals surface area contributed by atoms with Gasteiger partial charge in [-0.05, 0) is 18.4 Å². The topological polar surface area (TPSA) is 75.4 Å². The van der Waals surface area contributed by atoms with Crippen molar-refractivity contribution in [1.82, 2.24) is 5.32 Å². The lowest BCUT2D eigenvalue weighted by Crippen LogP contribution is -2.55. The molecule has 0 bridgehead atoms. The molecule has 1 aromatic carbocycles. The summed E-state index contributed by atoms with van der Waals surface area (Å²) in [7, 11) is 0. The van der Waals surface area contributed by atoms with Crippen LogP contribution in [-0.4, -0.2) is 23.2 Å². The van der Waals surface area contributed by atoms with E-state index in [2.05, 4.69) is 5.32 Å². The van der Waals surface area contributed by atoms with Crippen LogP contribution >= 0.6 is 0 Å². The Morgan fingerprint density at radius 1 is 1.26 bits per heavy atom. The lowest BCUT2D eigenvalue weighted by Gasteiger charge is -2.33. The largest absolute Gasteiger partial charge is 0.394 e. The zero-order valence-electron chi connectivity index (χ0n) is 11.1. The number of benzene rings is 1. The fraction of sp³-hybridized carbons (Fsp3) is 0.533. The van der Waals surface area contributed by atoms with E-state index in [4.69, 9.17) is 5.73 Å². The molecule has 4 N–H and O–H groups in total. The maximum atomic E-state index is 12.3. The van der Waals surface area contributed by atoms with Crippen molar-refractivity contribution in [3.05, 3.63) is 35.9 Å². The first-order valence-electron chi connectivity index (χ1n) is 6.91. The number of nitrogens with one attached hydrogen (secondary N) is 1. The van der Waals surface area contributed by atoms with Gasteiger partial charge in [0, 0.05) is 0 Å². The van der Waals surface area contributed by atoms with Crippen LogP contribution in [-0.2, 0) is 4.79 Å². The third kappa shape index (κ3) is 3.33. The number of aliphatic hydroxyl groups excluding tert-OH is 1. The van der Waals surface area contributed by atoms with Crippen LogP contribution in [0.2, 0.25) is 0 Å². The lowest BCUT2D eigenvalue weighted by atomic mass is 9.81. The number of rotatable bonds is 4. The summed E-state index contributed by atoms with van der Waals surface area (Å²) in [5, 5.41) is 12.3. The van der Waals surface area contributed by atoms with Gasteiger partial charge in [0.05, 0.1) is 18.2 Å². The zero-order chi connectivity index (χ0) is 13.7. The summed E-state index contributed by atoms with van der Waals surface area (Å²) in [6, 6.07) is 9.10. The molecule has 1 amide bonds. The molecule has 19 heavy (non-hydrogen) atoms. The number of carbonyl (C=O) groups excluding carboxylic acids is 1. The SMILES string of the molecule is NC1(C(=O)NC(CO)c2ccccc2)CCCCC1. The third-order valence-electron chi connectivity index (χ3n) is 3.89. The predicted molar refractivity (Wildman–Crippen MR) is 74.4 cm³/mol. The van der Waals surface area contributed by atoms with Crippen molar-refractivity contribution in [2.24, 2.45) is 5.73 Å². The molecule has 1 unspecified atom stereocenters. The molecule has 1 aliphatic carbocycles. The Morgan fingerprint density at radius 3 is 2.47 bits per heavy atom. The Balaban J connectivity index is 2.04. The van der Waals surface area contributed by atoms with E-state index in [1.165, 1.54) is 0 Å². The molecule has 104 valence electrons. The maximum absolute atomic E-state index is 12.3. The Bertz CT molecular complexity index is 413. The second kappa shape index (κ2) is 6.17. The van der Waals surface area contributed by atoms with Gasteiger partial charge in [-0.15, -0.1) is 0 Å². The minimum Gasteiger partial charge on any atom is -0.394 e. The van der Waals surface area contributed by atoms with Crippen molar-refractivity contribution in [2.45, 2.75) is 43.7 Å². The molecule has 0 aromatic heterocycles. The van der Waals surface area contributed by atoms with E-state index in [9.17, 15) is 9.90 Å². The van der Waals surface area contributed by atoms with E-state index < -0.39 is 5.54 Å². The summed E-state index contributed by atoms with van der Waals surface area (Å²) in [6.45, 7) is -0.119. The third-order valence-corrected chi connectivity index (χ3v) is 3.89. The quantitative estimate of drug-likeness (QED) is 0.769. The van der Waals surface area contributed by atoms with Gasteiger partial charge in [0.25, 0.3) is 0 Å². The molecule has 0 spiro atoms. The van der Waals surface area contributed by atoms with Crippen LogP contribution in [0.3, 0.4) is 0 Å². The molecule has 4 nitrogen and oxygen atoms in total. The number of aliphatic hydroxyl groups is 1. The van der Waals surface area contributed by atoms with Crippen molar-refractivity contribution in [2.75, 3.05) is 6.61 Å². The van der Waals surface area contributed by atoms with Gasteiger partial charge < -0.3 is 16.2 Å². The molecule has 0 aliphatic heterocycles. The molecular formula is C15H22N2O2. The van der Waals surface area contributed by atoms with Crippen molar-refractivity contribution in [3.63, 3.8) is 0 Å². The fourth-order valence-corrected chi connectivity index (χ4v) is 2.63. The van der Waals surface area contributed by atoms with Crippen molar-refractivity contribution >= 4 is 5.91 Å². The van der Waals surface area contributed by atoms with Crippen molar-refractivity contribution in [1.29, 1.82) is 0 Å². The van der Waals surface area contributed by atoms with Crippen LogP contribution < -0.4 is 11.1 Å². The number of amides is 1. The summed E-state index contributed by atoms with van der Waals surface area (Å²) < 4.78 is 0. The summed E-state index contributed by atoms with van der Waals surface area (Å²) in [6.07, 6.45) is 4.60. The lowest BCUT2D eigenvalue weighted by molar-refractivity contribution is -0.128. The van der Waals surface area contributed by atoms with Crippen LogP contribution in [0.1, 0.15) is 43.7 Å². The second-order valence-electron chi connectivity index (χ2n) is 5.34. The summed E-state index contributed by atoms with van der Waals surface area (Å²) >= 11 is 0. The van der Waals surface area contributed by atoms with E-state index in [0.717, 1.165) is 37.7 Å². The van der Waals surface area contributed by atoms with Crippen LogP contribution in [0.4, 0.5) is 0 Å². The molecular weight excluding hydrogens is 240 g/mol. The minimum atomic E-state index is -0.763. The monoisotopic (exact) mass is 262 g/mol. The van der Waals surface area contributed by atoms with E-state index in [0.29, 0.717) is 0 Å². The van der Waals surface area contributed by atoms with E-state index in [1.807, 2.05) is 30.3 Å². The first-order chi connectivity index (χ1) is 9.15. The highest BCUT2D eigenvalue weighted by molar-refractivity contribution is 5.86. The van der Waals surface area contributed by atoms with Crippen LogP contribution in [0.5, 0.6) is 0 Å². The summed E-state index contributed by atoms with van der Waals surface area (Å²) in [4.78, 5) is 12.3. The van der Waals surface area contributed by atoms with Crippen molar-refractivity contribution < 1.29 is 9.90 Å². The van der Waals surface area contributed by atoms with E-state index >= 15 is 0 Å². The Hall–Kier alpha value is -1.39. The normalized spacial score (nSPS) is 19.7. The van der Waals surface area contributed by atoms with Crippen LogP contribution in [0, 0.1) is 0 Å². The molecule has 1 saturated carbocycles. The average molecular weight is 262 g/mol. The van der Waals surface area contributed by atoms with Gasteiger partial charge in [-0.2, -0.15) is 0 Å². The first kappa shape index (κ1) is 14.0. The second-order valence-corrected chi connectivity index (χ2v) is 5.34. The fourth-order valence-electron chi connectivity index (χ4n) is 2.63. The highest BCUT2D eigenvalue weighted by Gasteiger charge is 2.36. The van der Waals surface area contributed by atoms with Gasteiger partial charge in [-0.3, -0.25) is 4.79 Å². The molecule has 0 radical (unpaired) electrons. The highest BCUT2D eigenvalue weighted by atomic mass is 16.3. The number of nitrogens with two attached hydrogens (primary N) is 1. The van der Waals surface area contributed by atoms with Gasteiger partial charge in [-0.25, -0.2) is 0 Å². The van der Waals surface area contributed by atoms with Crippen LogP contribution in [0.15, 0.2) is 30.3 Å². The smallest absolute Gasteiger partial charge is 0.240 e. The van der Waals surface area contributed by atoms with E-state index in [-0.39, 0.29) is 18.6 Å². The molecule has 1 fully saturated rings. The minimum absolute atomic E-state index is 0.119. The molecule has 1 aromatic rings. The van der Waals surface area contributed by atoms with Gasteiger partial charge in [0.2, 0.25) is 5.91 Å². The van der Waals surface area contributed by atoms with Gasteiger partial charge in [-0.1, -0.05) is 49.6 Å². The number of hydrogen-bond acceptors (Lipinski definition) is 3. The number of carbonyl (C=O) groups is 1. The zero-order valence-corrected chi connectivity index (χ0v) is 11.1. The van der Waals surface area contributed by atoms with Gasteiger partial charge in [0.15, 0.2) is 0 Å². The van der Waals surface area contributed by atoms with Crippen molar-refractivity contribution in [3.8, 4) is 0 Å². The molecule has 4 heteroatoms. The molecule has 1 atom stereocenters. The van der Waals surface area contributed by atoms with E-state index in [1.54, 1.807) is 0 Å². The average Bonchev–Trinajstić information content (AvgIpc) is 2.46. The highest BCUT2D eigenvalue weighted by Crippen LogP contribution is 2.27. The number of hydrogen-bond donors (Lipinski definition) is 3. The molecule has 2 rings (SSSR count). The Labute approximate surface area is 114 Å². The van der Waals surface area contributed by atoms with Crippen LogP contribution in [0.25, 0.3) is 0 Å². The summed E-state index contributed by atoms with van der Waals surface area (Å²) in [5.41, 5.74) is 6.33. The molecule has 0 heterocycles. The Kier molecular flexibility index (Phi) is 4.56. The maximum Gasteiger partial charge on any atom is 0.240 e. The summed E-state index contributed by atoms with van der Waals surface area (Å²) in [5.74, 6) is -0.143. The predicted octanol–water partition coefficient (Wildman–Crippen LogP) is 1.50. The molecule has 0 saturated heterocycles. The van der Waals surface area contributed by atoms with Gasteiger partial charge >= 0.3 is 0 Å². The first-order valence-corrected chi connectivity index (χ1v) is 6.91.